The molecule has 1 aromatic carbocycles. The lowest BCUT2D eigenvalue weighted by Crippen LogP contribution is -2.40. The minimum absolute atomic E-state index is 0.00575. The van der Waals surface area contributed by atoms with Gasteiger partial charge in [0.05, 0.1) is 16.1 Å². The summed E-state index contributed by atoms with van der Waals surface area (Å²) in [6.45, 7) is 3.45. The second-order valence-corrected chi connectivity index (χ2v) is 8.40. The van der Waals surface area contributed by atoms with Crippen LogP contribution in [0.5, 0.6) is 0 Å². The monoisotopic (exact) mass is 376 g/mol. The normalized spacial score (nSPS) is 17.8. The van der Waals surface area contributed by atoms with Crippen molar-refractivity contribution in [3.8, 4) is 0 Å². The zero-order chi connectivity index (χ0) is 17.4. The number of anilines is 2. The summed E-state index contributed by atoms with van der Waals surface area (Å²) in [6, 6.07) is 4.63. The Bertz CT molecular complexity index is 922. The Balaban J connectivity index is 1.48. The van der Waals surface area contributed by atoms with Gasteiger partial charge in [-0.3, -0.25) is 4.79 Å². The second kappa shape index (κ2) is 6.68. The van der Waals surface area contributed by atoms with Crippen LogP contribution in [0.3, 0.4) is 0 Å². The number of nitrogens with one attached hydrogen (secondary N) is 1. The van der Waals surface area contributed by atoms with Gasteiger partial charge in [0.15, 0.2) is 10.3 Å². The Morgan fingerprint density at radius 3 is 3.08 bits per heavy atom. The fourth-order valence-electron chi connectivity index (χ4n) is 3.01. The Kier molecular flexibility index (Phi) is 4.39. The Labute approximate surface area is 152 Å². The third-order valence-corrected chi connectivity index (χ3v) is 6.16. The van der Waals surface area contributed by atoms with Gasteiger partial charge < -0.3 is 10.2 Å². The van der Waals surface area contributed by atoms with Gasteiger partial charge in [-0.2, -0.15) is 0 Å². The summed E-state index contributed by atoms with van der Waals surface area (Å²) in [6.07, 6.45) is 3.54. The van der Waals surface area contributed by atoms with Crippen LogP contribution in [0.4, 0.5) is 14.7 Å². The lowest BCUT2D eigenvalue weighted by Gasteiger charge is -2.31. The van der Waals surface area contributed by atoms with Gasteiger partial charge in [-0.25, -0.2) is 14.4 Å². The van der Waals surface area contributed by atoms with Crippen molar-refractivity contribution in [3.05, 3.63) is 35.1 Å². The molecule has 3 aromatic rings. The van der Waals surface area contributed by atoms with E-state index in [1.807, 2.05) is 6.92 Å². The first-order valence-corrected chi connectivity index (χ1v) is 9.76. The first-order chi connectivity index (χ1) is 12.1. The number of hydrogen-bond donors (Lipinski definition) is 1. The molecule has 2 aromatic heterocycles. The molecule has 0 spiro atoms. The Hall–Kier alpha value is -2.06. The lowest BCUT2D eigenvalue weighted by atomic mass is 9.97. The van der Waals surface area contributed by atoms with E-state index in [-0.39, 0.29) is 17.6 Å². The van der Waals surface area contributed by atoms with Crippen molar-refractivity contribution in [1.82, 2.24) is 9.97 Å². The van der Waals surface area contributed by atoms with E-state index in [0.29, 0.717) is 11.7 Å². The van der Waals surface area contributed by atoms with E-state index < -0.39 is 0 Å². The highest BCUT2D eigenvalue weighted by Crippen LogP contribution is 2.32. The molecule has 25 heavy (non-hydrogen) atoms. The van der Waals surface area contributed by atoms with Gasteiger partial charge in [0.1, 0.15) is 5.82 Å². The number of aromatic nitrogens is 2. The molecule has 4 rings (SSSR count). The number of rotatable bonds is 3. The van der Waals surface area contributed by atoms with Gasteiger partial charge in [0, 0.05) is 24.2 Å². The molecule has 5 nitrogen and oxygen atoms in total. The van der Waals surface area contributed by atoms with Crippen LogP contribution >= 0.6 is 22.7 Å². The van der Waals surface area contributed by atoms with E-state index in [1.54, 1.807) is 12.3 Å². The van der Waals surface area contributed by atoms with Crippen LogP contribution in [0.1, 0.15) is 17.7 Å². The number of nitrogens with zero attached hydrogens (tertiary/aromatic N) is 3. The molecule has 1 atom stereocenters. The van der Waals surface area contributed by atoms with Gasteiger partial charge in [-0.05, 0) is 38.0 Å². The van der Waals surface area contributed by atoms with Crippen molar-refractivity contribution in [2.75, 3.05) is 23.3 Å². The van der Waals surface area contributed by atoms with Crippen LogP contribution < -0.4 is 10.2 Å². The van der Waals surface area contributed by atoms with Gasteiger partial charge >= 0.3 is 0 Å². The first kappa shape index (κ1) is 16.4. The highest BCUT2D eigenvalue weighted by molar-refractivity contribution is 7.22. The van der Waals surface area contributed by atoms with Crippen LogP contribution in [0, 0.1) is 18.7 Å². The van der Waals surface area contributed by atoms with Crippen molar-refractivity contribution in [1.29, 1.82) is 0 Å². The maximum atomic E-state index is 13.4. The molecule has 0 saturated carbocycles. The summed E-state index contributed by atoms with van der Waals surface area (Å²) in [5.74, 6) is -0.342. The highest BCUT2D eigenvalue weighted by atomic mass is 32.1. The molecule has 1 unspecified atom stereocenters. The van der Waals surface area contributed by atoms with Gasteiger partial charge in [0.25, 0.3) is 0 Å². The fourth-order valence-corrected chi connectivity index (χ4v) is 4.70. The molecule has 1 fully saturated rings. The molecule has 3 heterocycles. The number of halogens is 1. The molecule has 8 heteroatoms. The SMILES string of the molecule is Cc1cnc(NC(=O)C2CCCN(c3nc4ccc(F)cc4s3)C2)s1. The standard InChI is InChI=1S/C17H17FN4OS2/c1-10-8-19-16(24-10)21-15(23)11-3-2-6-22(9-11)17-20-13-5-4-12(18)7-14(13)25-17/h4-5,7-8,11H,2-3,6,9H2,1H3,(H,19,21,23). The predicted octanol–water partition coefficient (Wildman–Crippen LogP) is 4.06. The summed E-state index contributed by atoms with van der Waals surface area (Å²) >= 11 is 2.95. The number of fused-ring (bicyclic) bond motifs is 1. The van der Waals surface area contributed by atoms with E-state index in [9.17, 15) is 9.18 Å². The number of amides is 1. The van der Waals surface area contributed by atoms with Crippen LogP contribution in [0.25, 0.3) is 10.2 Å². The minimum atomic E-state index is -0.252. The molecule has 130 valence electrons. The zero-order valence-corrected chi connectivity index (χ0v) is 15.3. The largest absolute Gasteiger partial charge is 0.347 e. The zero-order valence-electron chi connectivity index (χ0n) is 13.7. The first-order valence-electron chi connectivity index (χ1n) is 8.13. The molecule has 1 aliphatic heterocycles. The Morgan fingerprint density at radius 1 is 1.40 bits per heavy atom. The fraction of sp³-hybridized carbons (Fsp3) is 0.353. The Morgan fingerprint density at radius 2 is 2.28 bits per heavy atom. The molecule has 0 radical (unpaired) electrons. The van der Waals surface area contributed by atoms with Crippen molar-refractivity contribution in [2.24, 2.45) is 5.92 Å². The quantitative estimate of drug-likeness (QED) is 0.749. The molecule has 1 aliphatic rings. The van der Waals surface area contributed by atoms with Crippen LogP contribution in [0.15, 0.2) is 24.4 Å². The number of benzene rings is 1. The summed E-state index contributed by atoms with van der Waals surface area (Å²) in [4.78, 5) is 24.5. The van der Waals surface area contributed by atoms with Crippen molar-refractivity contribution in [3.63, 3.8) is 0 Å². The van der Waals surface area contributed by atoms with Crippen molar-refractivity contribution >= 4 is 49.1 Å². The van der Waals surface area contributed by atoms with Gasteiger partial charge in [0.2, 0.25) is 5.91 Å². The number of aryl methyl sites for hydroxylation is 1. The molecule has 1 saturated heterocycles. The predicted molar refractivity (Wildman–Crippen MR) is 100.0 cm³/mol. The number of piperidine rings is 1. The molecule has 0 aliphatic carbocycles. The van der Waals surface area contributed by atoms with Crippen molar-refractivity contribution in [2.45, 2.75) is 19.8 Å². The topological polar surface area (TPSA) is 58.1 Å². The average molecular weight is 376 g/mol. The average Bonchev–Trinajstić information content (AvgIpc) is 3.20. The number of thiazole rings is 2. The smallest absolute Gasteiger partial charge is 0.231 e. The van der Waals surface area contributed by atoms with E-state index in [0.717, 1.165) is 39.6 Å². The summed E-state index contributed by atoms with van der Waals surface area (Å²) in [5.41, 5.74) is 0.797. The maximum absolute atomic E-state index is 13.4. The van der Waals surface area contributed by atoms with E-state index in [4.69, 9.17) is 0 Å². The van der Waals surface area contributed by atoms with Crippen LogP contribution in [-0.2, 0) is 4.79 Å². The van der Waals surface area contributed by atoms with Gasteiger partial charge in [-0.1, -0.05) is 11.3 Å². The molecule has 1 amide bonds. The minimum Gasteiger partial charge on any atom is -0.347 e. The number of carbonyl (C=O) groups excluding carboxylic acids is 1. The van der Waals surface area contributed by atoms with Crippen molar-refractivity contribution < 1.29 is 9.18 Å². The summed E-state index contributed by atoms with van der Waals surface area (Å²) < 4.78 is 14.2. The molecular weight excluding hydrogens is 359 g/mol. The summed E-state index contributed by atoms with van der Waals surface area (Å²) in [7, 11) is 0. The van der Waals surface area contributed by atoms with E-state index in [2.05, 4.69) is 20.2 Å². The third kappa shape index (κ3) is 3.50. The second-order valence-electron chi connectivity index (χ2n) is 6.16. The number of hydrogen-bond acceptors (Lipinski definition) is 6. The van der Waals surface area contributed by atoms with E-state index in [1.165, 1.54) is 34.8 Å². The number of carbonyl (C=O) groups is 1. The molecule has 1 N–H and O–H groups in total. The third-order valence-electron chi connectivity index (χ3n) is 4.25. The van der Waals surface area contributed by atoms with Crippen LogP contribution in [-0.4, -0.2) is 29.0 Å². The molecule has 0 bridgehead atoms. The lowest BCUT2D eigenvalue weighted by molar-refractivity contribution is -0.120. The highest BCUT2D eigenvalue weighted by Gasteiger charge is 2.28. The van der Waals surface area contributed by atoms with Gasteiger partial charge in [-0.15, -0.1) is 11.3 Å². The maximum Gasteiger partial charge on any atom is 0.231 e. The van der Waals surface area contributed by atoms with E-state index >= 15 is 0 Å². The van der Waals surface area contributed by atoms with Crippen LogP contribution in [0.2, 0.25) is 0 Å². The summed E-state index contributed by atoms with van der Waals surface area (Å²) in [5, 5.41) is 4.41. The molecular formula is C17H17FN4OS2.